The van der Waals surface area contributed by atoms with Crippen LogP contribution in [0.15, 0.2) is 12.7 Å². The van der Waals surface area contributed by atoms with E-state index in [4.69, 9.17) is 0 Å². The zero-order valence-corrected chi connectivity index (χ0v) is 9.24. The number of carbonyl (C=O) groups is 1. The molecule has 1 heterocycles. The number of aromatic nitrogens is 3. The Balaban J connectivity index is 2.26. The normalized spacial score (nSPS) is 13.4. The van der Waals surface area contributed by atoms with Gasteiger partial charge in [0, 0.05) is 12.5 Å². The molecule has 0 aliphatic rings. The molecule has 0 saturated carbocycles. The number of nitrogens with one attached hydrogen (secondary N) is 1. The van der Waals surface area contributed by atoms with Gasteiger partial charge in [0.1, 0.15) is 12.7 Å². The molecule has 1 aromatic heterocycles. The highest BCUT2D eigenvalue weighted by Gasteiger charge is 2.28. The Morgan fingerprint density at radius 2 is 2.24 bits per heavy atom. The van der Waals surface area contributed by atoms with Crippen molar-refractivity contribution in [3.63, 3.8) is 0 Å². The van der Waals surface area contributed by atoms with Gasteiger partial charge in [-0.2, -0.15) is 18.3 Å². The molecule has 5 nitrogen and oxygen atoms in total. The van der Waals surface area contributed by atoms with Crippen molar-refractivity contribution in [3.05, 3.63) is 12.7 Å². The van der Waals surface area contributed by atoms with Crippen molar-refractivity contribution >= 4 is 5.91 Å². The van der Waals surface area contributed by atoms with E-state index in [2.05, 4.69) is 15.4 Å². The van der Waals surface area contributed by atoms with E-state index in [1.165, 1.54) is 17.3 Å². The molecule has 1 amide bonds. The third-order valence-corrected chi connectivity index (χ3v) is 1.97. The van der Waals surface area contributed by atoms with E-state index in [9.17, 15) is 18.0 Å². The van der Waals surface area contributed by atoms with E-state index in [-0.39, 0.29) is 6.04 Å². The fourth-order valence-electron chi connectivity index (χ4n) is 1.26. The predicted octanol–water partition coefficient (Wildman–Crippen LogP) is 1.13. The summed E-state index contributed by atoms with van der Waals surface area (Å²) in [4.78, 5) is 14.9. The lowest BCUT2D eigenvalue weighted by molar-refractivity contribution is -0.144. The molecule has 8 heteroatoms. The highest BCUT2D eigenvalue weighted by molar-refractivity contribution is 5.76. The second-order valence-electron chi connectivity index (χ2n) is 3.70. The summed E-state index contributed by atoms with van der Waals surface area (Å²) in [6.45, 7) is 2.06. The van der Waals surface area contributed by atoms with Crippen LogP contribution in [0.2, 0.25) is 0 Å². The van der Waals surface area contributed by atoms with Gasteiger partial charge in [0.25, 0.3) is 0 Å². The Morgan fingerprint density at radius 1 is 1.53 bits per heavy atom. The van der Waals surface area contributed by atoms with Gasteiger partial charge in [-0.25, -0.2) is 4.98 Å². The molecule has 0 aliphatic heterocycles. The maximum atomic E-state index is 11.9. The number of nitrogens with zero attached hydrogens (tertiary/aromatic N) is 3. The summed E-state index contributed by atoms with van der Waals surface area (Å²) in [5.41, 5.74) is 0. The van der Waals surface area contributed by atoms with Crippen LogP contribution in [-0.2, 0) is 11.3 Å². The van der Waals surface area contributed by atoms with Gasteiger partial charge in [0.2, 0.25) is 5.91 Å². The average Bonchev–Trinajstić information content (AvgIpc) is 2.66. The van der Waals surface area contributed by atoms with E-state index >= 15 is 0 Å². The Labute approximate surface area is 96.0 Å². The molecule has 96 valence electrons. The minimum atomic E-state index is -4.30. The summed E-state index contributed by atoms with van der Waals surface area (Å²) >= 11 is 0. The first-order chi connectivity index (χ1) is 7.87. The van der Waals surface area contributed by atoms with Gasteiger partial charge in [-0.05, 0) is 6.92 Å². The second-order valence-corrected chi connectivity index (χ2v) is 3.70. The smallest absolute Gasteiger partial charge is 0.352 e. The Hall–Kier alpha value is -1.60. The van der Waals surface area contributed by atoms with Crippen LogP contribution in [0.4, 0.5) is 13.2 Å². The van der Waals surface area contributed by atoms with Crippen molar-refractivity contribution in [2.24, 2.45) is 0 Å². The largest absolute Gasteiger partial charge is 0.389 e. The lowest BCUT2D eigenvalue weighted by Crippen LogP contribution is -2.36. The van der Waals surface area contributed by atoms with Gasteiger partial charge >= 0.3 is 6.18 Å². The summed E-state index contributed by atoms with van der Waals surface area (Å²) in [5, 5.41) is 6.29. The fourth-order valence-corrected chi connectivity index (χ4v) is 1.26. The number of hydrogen-bond donors (Lipinski definition) is 1. The molecule has 0 fully saturated rings. The van der Waals surface area contributed by atoms with Crippen LogP contribution in [0.5, 0.6) is 0 Å². The summed E-state index contributed by atoms with van der Waals surface area (Å²) in [6.07, 6.45) is -3.14. The van der Waals surface area contributed by atoms with Gasteiger partial charge in [-0.1, -0.05) is 0 Å². The van der Waals surface area contributed by atoms with Crippen molar-refractivity contribution in [1.82, 2.24) is 20.1 Å². The van der Waals surface area contributed by atoms with Crippen LogP contribution in [0.25, 0.3) is 0 Å². The number of alkyl halides is 3. The molecule has 1 aromatic rings. The quantitative estimate of drug-likeness (QED) is 0.852. The molecule has 0 bridgehead atoms. The molecular formula is C9H13F3N4O. The molecule has 0 unspecified atom stereocenters. The number of rotatable bonds is 5. The third kappa shape index (κ3) is 5.88. The van der Waals surface area contributed by atoms with Crippen LogP contribution in [-0.4, -0.2) is 32.9 Å². The zero-order valence-electron chi connectivity index (χ0n) is 9.24. The summed E-state index contributed by atoms with van der Waals surface area (Å²) in [6, 6.07) is -0.294. The molecule has 17 heavy (non-hydrogen) atoms. The van der Waals surface area contributed by atoms with E-state index in [1.807, 2.05) is 0 Å². The molecule has 0 radical (unpaired) electrons. The predicted molar refractivity (Wildman–Crippen MR) is 52.9 cm³/mol. The van der Waals surface area contributed by atoms with Gasteiger partial charge in [0.15, 0.2) is 0 Å². The first kappa shape index (κ1) is 13.5. The molecule has 1 N–H and O–H groups in total. The van der Waals surface area contributed by atoms with Crippen LogP contribution in [0.1, 0.15) is 19.8 Å². The van der Waals surface area contributed by atoms with Crippen molar-refractivity contribution < 1.29 is 18.0 Å². The molecule has 1 rings (SSSR count). The summed E-state index contributed by atoms with van der Waals surface area (Å²) in [5.74, 6) is -0.616. The third-order valence-electron chi connectivity index (χ3n) is 1.97. The van der Waals surface area contributed by atoms with Gasteiger partial charge in [-0.15, -0.1) is 0 Å². The summed E-state index contributed by atoms with van der Waals surface area (Å²) < 4.78 is 37.1. The van der Waals surface area contributed by atoms with Gasteiger partial charge < -0.3 is 5.32 Å². The number of halogens is 3. The number of amides is 1. The molecular weight excluding hydrogens is 237 g/mol. The first-order valence-electron chi connectivity index (χ1n) is 5.05. The van der Waals surface area contributed by atoms with Crippen LogP contribution >= 0.6 is 0 Å². The Bertz CT molecular complexity index is 350. The van der Waals surface area contributed by atoms with Gasteiger partial charge in [0.05, 0.1) is 13.0 Å². The van der Waals surface area contributed by atoms with E-state index < -0.39 is 24.9 Å². The Kier molecular flexibility index (Phi) is 4.47. The number of carbonyl (C=O) groups excluding carboxylic acids is 1. The highest BCUT2D eigenvalue weighted by Crippen LogP contribution is 2.20. The van der Waals surface area contributed by atoms with Crippen LogP contribution in [0.3, 0.4) is 0 Å². The van der Waals surface area contributed by atoms with Crippen molar-refractivity contribution in [2.45, 2.75) is 38.5 Å². The first-order valence-corrected chi connectivity index (χ1v) is 5.05. The molecule has 0 aliphatic carbocycles. The molecule has 0 spiro atoms. The maximum absolute atomic E-state index is 11.9. The summed E-state index contributed by atoms with van der Waals surface area (Å²) in [7, 11) is 0. The van der Waals surface area contributed by atoms with E-state index in [0.717, 1.165) is 0 Å². The fraction of sp³-hybridized carbons (Fsp3) is 0.667. The topological polar surface area (TPSA) is 59.8 Å². The molecule has 0 aromatic carbocycles. The SMILES string of the molecule is C[C@@H](Cn1cncn1)NC(=O)CCC(F)(F)F. The minimum absolute atomic E-state index is 0.294. The van der Waals surface area contributed by atoms with Gasteiger partial charge in [-0.3, -0.25) is 9.48 Å². The number of hydrogen-bond acceptors (Lipinski definition) is 3. The average molecular weight is 250 g/mol. The molecule has 1 atom stereocenters. The lowest BCUT2D eigenvalue weighted by atomic mass is 10.2. The van der Waals surface area contributed by atoms with Crippen LogP contribution < -0.4 is 5.32 Å². The standard InChI is InChI=1S/C9H13F3N4O/c1-7(4-16-6-13-5-14-16)15-8(17)2-3-9(10,11)12/h5-7H,2-4H2,1H3,(H,15,17)/t7-/m0/s1. The highest BCUT2D eigenvalue weighted by atomic mass is 19.4. The zero-order chi connectivity index (χ0) is 12.9. The van der Waals surface area contributed by atoms with E-state index in [0.29, 0.717) is 6.54 Å². The van der Waals surface area contributed by atoms with Crippen molar-refractivity contribution in [2.75, 3.05) is 0 Å². The van der Waals surface area contributed by atoms with Crippen molar-refractivity contribution in [3.8, 4) is 0 Å². The second kappa shape index (κ2) is 5.65. The van der Waals surface area contributed by atoms with E-state index in [1.54, 1.807) is 6.92 Å². The molecule has 0 saturated heterocycles. The minimum Gasteiger partial charge on any atom is -0.352 e. The van der Waals surface area contributed by atoms with Crippen LogP contribution in [0, 0.1) is 0 Å². The lowest BCUT2D eigenvalue weighted by Gasteiger charge is -2.14. The maximum Gasteiger partial charge on any atom is 0.389 e. The van der Waals surface area contributed by atoms with Crippen molar-refractivity contribution in [1.29, 1.82) is 0 Å². The Morgan fingerprint density at radius 3 is 2.76 bits per heavy atom. The monoisotopic (exact) mass is 250 g/mol.